The summed E-state index contributed by atoms with van der Waals surface area (Å²) in [6, 6.07) is 7.31. The van der Waals surface area contributed by atoms with Crippen molar-refractivity contribution in [3.63, 3.8) is 0 Å². The van der Waals surface area contributed by atoms with Crippen molar-refractivity contribution in [2.24, 2.45) is 0 Å². The third-order valence-corrected chi connectivity index (χ3v) is 5.10. The Hall–Kier alpha value is -2.00. The molecule has 0 N–H and O–H groups in total. The zero-order chi connectivity index (χ0) is 18.0. The van der Waals surface area contributed by atoms with Crippen molar-refractivity contribution in [3.8, 4) is 11.4 Å². The summed E-state index contributed by atoms with van der Waals surface area (Å²) >= 11 is 0. The first-order valence-electron chi connectivity index (χ1n) is 7.01. The van der Waals surface area contributed by atoms with E-state index < -0.39 is 22.6 Å². The molecular weight excluding hydrogens is 343 g/mol. The molecule has 9 heteroatoms. The third kappa shape index (κ3) is 4.51. The summed E-state index contributed by atoms with van der Waals surface area (Å²) in [4.78, 5) is 8.25. The maximum absolute atomic E-state index is 12.3. The molecule has 0 aliphatic carbocycles. The predicted octanol–water partition coefficient (Wildman–Crippen LogP) is 2.89. The molecule has 0 fully saturated rings. The number of rotatable bonds is 5. The van der Waals surface area contributed by atoms with Gasteiger partial charge in [0.15, 0.2) is 5.82 Å². The zero-order valence-electron chi connectivity index (χ0n) is 13.1. The molecule has 0 unspecified atom stereocenters. The van der Waals surface area contributed by atoms with Crippen LogP contribution in [0, 0.1) is 0 Å². The molecule has 0 saturated carbocycles. The van der Waals surface area contributed by atoms with Crippen molar-refractivity contribution in [1.82, 2.24) is 14.3 Å². The lowest BCUT2D eigenvalue weighted by Gasteiger charge is -2.11. The summed E-state index contributed by atoms with van der Waals surface area (Å²) in [6.45, 7) is 0. The second-order valence-corrected chi connectivity index (χ2v) is 7.45. The fraction of sp³-hybridized carbons (Fsp3) is 0.333. The first-order valence-corrected chi connectivity index (χ1v) is 8.45. The van der Waals surface area contributed by atoms with Gasteiger partial charge in [0.2, 0.25) is 10.0 Å². The van der Waals surface area contributed by atoms with E-state index in [9.17, 15) is 21.6 Å². The maximum atomic E-state index is 12.3. The summed E-state index contributed by atoms with van der Waals surface area (Å²) < 4.78 is 61.9. The van der Waals surface area contributed by atoms with E-state index in [0.29, 0.717) is 5.56 Å². The lowest BCUT2D eigenvalue weighted by Crippen LogP contribution is -2.22. The van der Waals surface area contributed by atoms with E-state index in [-0.39, 0.29) is 22.8 Å². The minimum absolute atomic E-state index is 0.115. The van der Waals surface area contributed by atoms with E-state index >= 15 is 0 Å². The molecule has 0 saturated heterocycles. The number of hydrogen-bond acceptors (Lipinski definition) is 4. The topological polar surface area (TPSA) is 63.2 Å². The molecule has 0 aliphatic rings. The molecule has 0 radical (unpaired) electrons. The lowest BCUT2D eigenvalue weighted by atomic mass is 10.2. The summed E-state index contributed by atoms with van der Waals surface area (Å²) in [7, 11) is -0.687. The summed E-state index contributed by atoms with van der Waals surface area (Å²) in [5.74, 6) is 0.253. The van der Waals surface area contributed by atoms with E-state index in [1.807, 2.05) is 0 Å². The minimum atomic E-state index is -4.24. The molecule has 0 amide bonds. The summed E-state index contributed by atoms with van der Waals surface area (Å²) in [5.41, 5.74) is 0.809. The molecule has 24 heavy (non-hydrogen) atoms. The Bertz CT molecular complexity index is 803. The van der Waals surface area contributed by atoms with Gasteiger partial charge in [-0.2, -0.15) is 13.2 Å². The average Bonchev–Trinajstić information content (AvgIpc) is 2.52. The average molecular weight is 359 g/mol. The number of sulfonamides is 1. The van der Waals surface area contributed by atoms with Crippen molar-refractivity contribution in [3.05, 3.63) is 42.2 Å². The van der Waals surface area contributed by atoms with E-state index in [0.717, 1.165) is 4.31 Å². The number of aromatic nitrogens is 2. The molecule has 2 rings (SSSR count). The van der Waals surface area contributed by atoms with Crippen LogP contribution in [-0.4, -0.2) is 43.0 Å². The van der Waals surface area contributed by atoms with Gasteiger partial charge in [-0.05, 0) is 36.8 Å². The number of alkyl halides is 3. The van der Waals surface area contributed by atoms with Crippen LogP contribution in [0.1, 0.15) is 12.1 Å². The van der Waals surface area contributed by atoms with Gasteiger partial charge < -0.3 is 0 Å². The van der Waals surface area contributed by atoms with Crippen LogP contribution in [0.2, 0.25) is 0 Å². The first-order chi connectivity index (χ1) is 11.1. The predicted molar refractivity (Wildman–Crippen MR) is 82.7 cm³/mol. The largest absolute Gasteiger partial charge is 0.389 e. The Balaban J connectivity index is 2.23. The van der Waals surface area contributed by atoms with Gasteiger partial charge in [0, 0.05) is 38.0 Å². The highest BCUT2D eigenvalue weighted by molar-refractivity contribution is 7.89. The van der Waals surface area contributed by atoms with Crippen LogP contribution in [0.4, 0.5) is 13.2 Å². The van der Waals surface area contributed by atoms with Crippen LogP contribution >= 0.6 is 0 Å². The number of halogens is 3. The Morgan fingerprint density at radius 3 is 2.25 bits per heavy atom. The van der Waals surface area contributed by atoms with E-state index in [1.54, 1.807) is 0 Å². The van der Waals surface area contributed by atoms with E-state index in [4.69, 9.17) is 0 Å². The van der Waals surface area contributed by atoms with Crippen molar-refractivity contribution < 1.29 is 21.6 Å². The highest BCUT2D eigenvalue weighted by atomic mass is 32.2. The van der Waals surface area contributed by atoms with Crippen molar-refractivity contribution in [1.29, 1.82) is 0 Å². The fourth-order valence-electron chi connectivity index (χ4n) is 1.93. The van der Waals surface area contributed by atoms with Gasteiger partial charge in [0.25, 0.3) is 0 Å². The normalized spacial score (nSPS) is 12.6. The summed E-state index contributed by atoms with van der Waals surface area (Å²) in [6.07, 6.45) is -4.04. The van der Waals surface area contributed by atoms with Gasteiger partial charge in [0.1, 0.15) is 0 Å². The lowest BCUT2D eigenvalue weighted by molar-refractivity contribution is -0.134. The molecule has 1 heterocycles. The second-order valence-electron chi connectivity index (χ2n) is 5.30. The van der Waals surface area contributed by atoms with Crippen molar-refractivity contribution in [2.75, 3.05) is 14.1 Å². The van der Waals surface area contributed by atoms with Crippen LogP contribution in [0.5, 0.6) is 0 Å². The molecule has 5 nitrogen and oxygen atoms in total. The molecule has 130 valence electrons. The fourth-order valence-corrected chi connectivity index (χ4v) is 2.83. The Morgan fingerprint density at radius 2 is 1.71 bits per heavy atom. The first kappa shape index (κ1) is 18.3. The molecule has 0 atom stereocenters. The standard InChI is InChI=1S/C15H16F3N3O2S/c1-21(2)24(22,23)13-5-3-11(4-6-13)14-19-10-8-12(20-14)7-9-15(16,17)18/h3-6,8,10H,7,9H2,1-2H3. The highest BCUT2D eigenvalue weighted by Gasteiger charge is 2.26. The molecule has 1 aromatic heterocycles. The quantitative estimate of drug-likeness (QED) is 0.824. The van der Waals surface area contributed by atoms with Gasteiger partial charge in [-0.25, -0.2) is 22.7 Å². The van der Waals surface area contributed by atoms with Crippen LogP contribution in [0.25, 0.3) is 11.4 Å². The van der Waals surface area contributed by atoms with E-state index in [2.05, 4.69) is 9.97 Å². The monoisotopic (exact) mass is 359 g/mol. The van der Waals surface area contributed by atoms with Crippen LogP contribution < -0.4 is 0 Å². The maximum Gasteiger partial charge on any atom is 0.389 e. The zero-order valence-corrected chi connectivity index (χ0v) is 13.9. The summed E-state index contributed by atoms with van der Waals surface area (Å²) in [5, 5.41) is 0. The van der Waals surface area contributed by atoms with Gasteiger partial charge in [-0.15, -0.1) is 0 Å². The minimum Gasteiger partial charge on any atom is -0.237 e. The van der Waals surface area contributed by atoms with Crippen molar-refractivity contribution in [2.45, 2.75) is 23.9 Å². The van der Waals surface area contributed by atoms with Crippen molar-refractivity contribution >= 4 is 10.0 Å². The molecule has 2 aromatic rings. The molecular formula is C15H16F3N3O2S. The highest BCUT2D eigenvalue weighted by Crippen LogP contribution is 2.23. The Labute approximate surface area is 138 Å². The number of hydrogen-bond donors (Lipinski definition) is 0. The number of aryl methyl sites for hydroxylation is 1. The number of benzene rings is 1. The molecule has 0 spiro atoms. The second kappa shape index (κ2) is 6.86. The van der Waals surface area contributed by atoms with Crippen LogP contribution in [0.3, 0.4) is 0 Å². The smallest absolute Gasteiger partial charge is 0.237 e. The van der Waals surface area contributed by atoms with Crippen LogP contribution in [-0.2, 0) is 16.4 Å². The Kier molecular flexibility index (Phi) is 5.24. The van der Waals surface area contributed by atoms with Gasteiger partial charge >= 0.3 is 6.18 Å². The number of nitrogens with zero attached hydrogens (tertiary/aromatic N) is 3. The SMILES string of the molecule is CN(C)S(=O)(=O)c1ccc(-c2nccc(CCC(F)(F)F)n2)cc1. The van der Waals surface area contributed by atoms with Gasteiger partial charge in [-0.1, -0.05) is 0 Å². The molecule has 0 aliphatic heterocycles. The molecule has 0 bridgehead atoms. The van der Waals surface area contributed by atoms with Crippen LogP contribution in [0.15, 0.2) is 41.4 Å². The molecule has 1 aromatic carbocycles. The van der Waals surface area contributed by atoms with E-state index in [1.165, 1.54) is 50.6 Å². The third-order valence-electron chi connectivity index (χ3n) is 3.27. The Morgan fingerprint density at radius 1 is 1.08 bits per heavy atom. The van der Waals surface area contributed by atoms with Gasteiger partial charge in [0.05, 0.1) is 4.90 Å². The van der Waals surface area contributed by atoms with Gasteiger partial charge in [-0.3, -0.25) is 0 Å².